The van der Waals surface area contributed by atoms with Crippen LogP contribution < -0.4 is 5.32 Å². The number of benzene rings is 2. The highest BCUT2D eigenvalue weighted by molar-refractivity contribution is 7.92. The van der Waals surface area contributed by atoms with E-state index in [1.165, 1.54) is 48.5 Å². The number of carbonyl (C=O) groups is 1. The quantitative estimate of drug-likeness (QED) is 0.718. The van der Waals surface area contributed by atoms with Gasteiger partial charge >= 0.3 is 6.01 Å². The third-order valence-electron chi connectivity index (χ3n) is 3.78. The summed E-state index contributed by atoms with van der Waals surface area (Å²) in [5.41, 5.74) is 0.632. The van der Waals surface area contributed by atoms with Gasteiger partial charge in [0.1, 0.15) is 5.82 Å². The van der Waals surface area contributed by atoms with Crippen molar-refractivity contribution in [3.8, 4) is 11.5 Å². The molecule has 0 spiro atoms. The number of amides is 1. The molecule has 0 unspecified atom stereocenters. The van der Waals surface area contributed by atoms with Gasteiger partial charge in [-0.1, -0.05) is 11.2 Å². The summed E-state index contributed by atoms with van der Waals surface area (Å²) >= 11 is 0. The summed E-state index contributed by atoms with van der Waals surface area (Å²) in [7, 11) is -3.50. The summed E-state index contributed by atoms with van der Waals surface area (Å²) in [6, 6.07) is 11.0. The van der Waals surface area contributed by atoms with Crippen LogP contribution >= 0.6 is 0 Å². The van der Waals surface area contributed by atoms with Crippen LogP contribution in [0.4, 0.5) is 10.4 Å². The maximum Gasteiger partial charge on any atom is 0.322 e. The topological polar surface area (TPSA) is 102 Å². The van der Waals surface area contributed by atoms with E-state index in [0.717, 1.165) is 0 Å². The Morgan fingerprint density at radius 3 is 2.48 bits per heavy atom. The number of sulfone groups is 1. The molecule has 0 radical (unpaired) electrons. The van der Waals surface area contributed by atoms with Gasteiger partial charge in [-0.3, -0.25) is 10.1 Å². The maximum absolute atomic E-state index is 13.0. The van der Waals surface area contributed by atoms with Crippen LogP contribution in [0.2, 0.25) is 0 Å². The molecule has 0 atom stereocenters. The molecule has 0 saturated carbocycles. The van der Waals surface area contributed by atoms with E-state index in [1.807, 2.05) is 0 Å². The summed E-state index contributed by atoms with van der Waals surface area (Å²) < 4.78 is 42.8. The number of hydrogen-bond acceptors (Lipinski definition) is 6. The van der Waals surface area contributed by atoms with Crippen molar-refractivity contribution in [2.75, 3.05) is 5.32 Å². The van der Waals surface area contributed by atoms with Crippen molar-refractivity contribution in [1.82, 2.24) is 10.2 Å². The van der Waals surface area contributed by atoms with Crippen LogP contribution in [0.15, 0.2) is 57.8 Å². The molecule has 140 valence electrons. The Labute approximate surface area is 155 Å². The summed E-state index contributed by atoms with van der Waals surface area (Å²) in [6.07, 6.45) is 0. The van der Waals surface area contributed by atoms with E-state index in [9.17, 15) is 17.6 Å². The minimum atomic E-state index is -3.50. The zero-order chi connectivity index (χ0) is 19.6. The van der Waals surface area contributed by atoms with Crippen LogP contribution in [-0.2, 0) is 9.84 Å². The lowest BCUT2D eigenvalue weighted by Crippen LogP contribution is -2.16. The van der Waals surface area contributed by atoms with Gasteiger partial charge in [0.15, 0.2) is 9.84 Å². The van der Waals surface area contributed by atoms with E-state index >= 15 is 0 Å². The summed E-state index contributed by atoms with van der Waals surface area (Å²) in [6.45, 7) is 3.13. The zero-order valence-electron chi connectivity index (χ0n) is 14.5. The normalized spacial score (nSPS) is 11.6. The number of halogens is 1. The minimum Gasteiger partial charge on any atom is -0.403 e. The van der Waals surface area contributed by atoms with Crippen molar-refractivity contribution in [3.05, 3.63) is 59.9 Å². The number of anilines is 1. The Bertz CT molecular complexity index is 1080. The lowest BCUT2D eigenvalue weighted by molar-refractivity contribution is 0.102. The number of hydrogen-bond donors (Lipinski definition) is 1. The summed E-state index contributed by atoms with van der Waals surface area (Å²) in [5, 5.41) is 9.33. The molecule has 1 heterocycles. The van der Waals surface area contributed by atoms with Gasteiger partial charge in [-0.2, -0.15) is 0 Å². The van der Waals surface area contributed by atoms with Gasteiger partial charge in [0.05, 0.1) is 10.1 Å². The highest BCUT2D eigenvalue weighted by Gasteiger charge is 2.21. The van der Waals surface area contributed by atoms with Crippen molar-refractivity contribution in [2.24, 2.45) is 0 Å². The van der Waals surface area contributed by atoms with Crippen molar-refractivity contribution >= 4 is 21.8 Å². The van der Waals surface area contributed by atoms with E-state index in [2.05, 4.69) is 15.5 Å². The number of aromatic nitrogens is 2. The maximum atomic E-state index is 13.0. The molecule has 7 nitrogen and oxygen atoms in total. The second-order valence-corrected chi connectivity index (χ2v) is 8.50. The Hall–Kier alpha value is -3.07. The highest BCUT2D eigenvalue weighted by atomic mass is 32.2. The second-order valence-electron chi connectivity index (χ2n) is 5.99. The second kappa shape index (κ2) is 7.28. The average molecular weight is 389 g/mol. The molecule has 0 fully saturated rings. The number of carbonyl (C=O) groups excluding carboxylic acids is 1. The molecule has 0 aliphatic heterocycles. The molecule has 1 N–H and O–H groups in total. The minimum absolute atomic E-state index is 0.0580. The predicted molar refractivity (Wildman–Crippen MR) is 96.4 cm³/mol. The molecule has 2 aromatic carbocycles. The third kappa shape index (κ3) is 4.03. The van der Waals surface area contributed by atoms with Crippen LogP contribution in [0, 0.1) is 5.82 Å². The Morgan fingerprint density at radius 2 is 1.81 bits per heavy atom. The lowest BCUT2D eigenvalue weighted by atomic mass is 10.2. The number of nitrogens with one attached hydrogen (secondary N) is 1. The van der Waals surface area contributed by atoms with Gasteiger partial charge in [-0.05, 0) is 56.3 Å². The van der Waals surface area contributed by atoms with Gasteiger partial charge in [0, 0.05) is 11.1 Å². The van der Waals surface area contributed by atoms with Crippen LogP contribution in [0.5, 0.6) is 0 Å². The van der Waals surface area contributed by atoms with Crippen LogP contribution in [0.1, 0.15) is 24.2 Å². The number of rotatable bonds is 5. The monoisotopic (exact) mass is 389 g/mol. The van der Waals surface area contributed by atoms with E-state index in [4.69, 9.17) is 4.42 Å². The van der Waals surface area contributed by atoms with E-state index in [1.54, 1.807) is 13.8 Å². The fraction of sp³-hybridized carbons (Fsp3) is 0.167. The molecule has 27 heavy (non-hydrogen) atoms. The van der Waals surface area contributed by atoms with Gasteiger partial charge in [0.25, 0.3) is 5.91 Å². The molecule has 9 heteroatoms. The molecule has 3 rings (SSSR count). The largest absolute Gasteiger partial charge is 0.403 e. The lowest BCUT2D eigenvalue weighted by Gasteiger charge is -2.09. The standard InChI is InChI=1S/C18H16FN3O4S/c1-11(2)27(24,25)15-5-3-4-13(10-15)16(23)20-18-22-21-17(26-18)12-6-8-14(19)9-7-12/h3-11H,1-2H3,(H,20,22,23). The molecule has 0 bridgehead atoms. The van der Waals surface area contributed by atoms with Crippen LogP contribution in [0.3, 0.4) is 0 Å². The fourth-order valence-electron chi connectivity index (χ4n) is 2.24. The molecule has 0 aliphatic rings. The third-order valence-corrected chi connectivity index (χ3v) is 5.93. The molecule has 3 aromatic rings. The van der Waals surface area contributed by atoms with E-state index in [0.29, 0.717) is 5.56 Å². The smallest absolute Gasteiger partial charge is 0.322 e. The van der Waals surface area contributed by atoms with E-state index in [-0.39, 0.29) is 22.4 Å². The molecule has 0 aliphatic carbocycles. The van der Waals surface area contributed by atoms with Gasteiger partial charge in [-0.15, -0.1) is 5.10 Å². The Morgan fingerprint density at radius 1 is 1.11 bits per heavy atom. The summed E-state index contributed by atoms with van der Waals surface area (Å²) in [4.78, 5) is 12.4. The first kappa shape index (κ1) is 18.7. The Kier molecular flexibility index (Phi) is 5.04. The fourth-order valence-corrected chi connectivity index (χ4v) is 3.34. The Balaban J connectivity index is 1.79. The SMILES string of the molecule is CC(C)S(=O)(=O)c1cccc(C(=O)Nc2nnc(-c3ccc(F)cc3)o2)c1. The van der Waals surface area contributed by atoms with Crippen molar-refractivity contribution in [1.29, 1.82) is 0 Å². The zero-order valence-corrected chi connectivity index (χ0v) is 15.3. The average Bonchev–Trinajstić information content (AvgIpc) is 3.10. The first-order valence-corrected chi connectivity index (χ1v) is 9.57. The van der Waals surface area contributed by atoms with E-state index < -0.39 is 26.8 Å². The van der Waals surface area contributed by atoms with Crippen molar-refractivity contribution in [2.45, 2.75) is 24.0 Å². The van der Waals surface area contributed by atoms with Gasteiger partial charge < -0.3 is 4.42 Å². The molecule has 0 saturated heterocycles. The highest BCUT2D eigenvalue weighted by Crippen LogP contribution is 2.21. The molecular formula is C18H16FN3O4S. The molecular weight excluding hydrogens is 373 g/mol. The van der Waals surface area contributed by atoms with Crippen LogP contribution in [0.25, 0.3) is 11.5 Å². The van der Waals surface area contributed by atoms with Crippen molar-refractivity contribution < 1.29 is 22.0 Å². The molecule has 1 aromatic heterocycles. The van der Waals surface area contributed by atoms with Gasteiger partial charge in [0.2, 0.25) is 5.89 Å². The predicted octanol–water partition coefficient (Wildman–Crippen LogP) is 3.31. The van der Waals surface area contributed by atoms with Gasteiger partial charge in [-0.25, -0.2) is 12.8 Å². The first-order valence-electron chi connectivity index (χ1n) is 8.02. The number of nitrogens with zero attached hydrogens (tertiary/aromatic N) is 2. The van der Waals surface area contributed by atoms with Crippen molar-refractivity contribution in [3.63, 3.8) is 0 Å². The molecule has 1 amide bonds. The van der Waals surface area contributed by atoms with Crippen LogP contribution in [-0.4, -0.2) is 29.8 Å². The first-order chi connectivity index (χ1) is 12.8. The summed E-state index contributed by atoms with van der Waals surface area (Å²) in [5.74, 6) is -0.880.